The fourth-order valence-corrected chi connectivity index (χ4v) is 6.56. The third kappa shape index (κ3) is 5.23. The van der Waals surface area contributed by atoms with E-state index in [-0.39, 0.29) is 31.0 Å². The van der Waals surface area contributed by atoms with E-state index in [1.807, 2.05) is 35.2 Å². The van der Waals surface area contributed by atoms with E-state index in [0.717, 1.165) is 11.3 Å². The number of fused-ring (bicyclic) bond motifs is 1. The van der Waals surface area contributed by atoms with E-state index < -0.39 is 23.6 Å². The molecule has 13 nitrogen and oxygen atoms in total. The van der Waals surface area contributed by atoms with Gasteiger partial charge >= 0.3 is 11.8 Å². The lowest BCUT2D eigenvalue weighted by molar-refractivity contribution is -0.151. The number of ether oxygens (including phenoxy) is 1. The first-order chi connectivity index (χ1) is 20.6. The van der Waals surface area contributed by atoms with Gasteiger partial charge in [0.15, 0.2) is 0 Å². The smallest absolute Gasteiger partial charge is 0.407 e. The number of imidazole rings is 1. The number of likely N-dealkylation sites (tertiary alicyclic amines) is 1. The van der Waals surface area contributed by atoms with E-state index in [2.05, 4.69) is 4.90 Å². The zero-order chi connectivity index (χ0) is 30.5. The number of rotatable bonds is 7. The minimum atomic E-state index is -0.962. The predicted molar refractivity (Wildman–Crippen MR) is 157 cm³/mol. The van der Waals surface area contributed by atoms with Crippen molar-refractivity contribution in [3.05, 3.63) is 58.5 Å². The van der Waals surface area contributed by atoms with Crippen LogP contribution in [0.4, 0.5) is 10.5 Å². The number of nitrogens with zero attached hydrogens (tertiary/aromatic N) is 6. The Labute approximate surface area is 248 Å². The molecular formula is C30H36N6O7. The van der Waals surface area contributed by atoms with Gasteiger partial charge in [-0.05, 0) is 36.2 Å². The van der Waals surface area contributed by atoms with Crippen LogP contribution < -0.4 is 15.3 Å². The Balaban J connectivity index is 1.21. The highest BCUT2D eigenvalue weighted by Gasteiger charge is 2.44. The van der Waals surface area contributed by atoms with Crippen molar-refractivity contribution in [2.24, 2.45) is 7.05 Å². The molecule has 0 aliphatic carbocycles. The zero-order valence-electron chi connectivity index (χ0n) is 24.3. The number of imide groups is 1. The molecule has 2 aromatic carbocycles. The number of hydrogen-bond acceptors (Lipinski definition) is 8. The van der Waals surface area contributed by atoms with Gasteiger partial charge in [-0.3, -0.25) is 28.5 Å². The molecule has 3 saturated heterocycles. The van der Waals surface area contributed by atoms with E-state index in [9.17, 15) is 29.4 Å². The number of benzene rings is 2. The fraction of sp³-hybridized carbons (Fsp3) is 0.467. The summed E-state index contributed by atoms with van der Waals surface area (Å²) in [5, 5.41) is 20.4. The molecule has 228 valence electrons. The number of piperazine rings is 1. The summed E-state index contributed by atoms with van der Waals surface area (Å²) in [6.07, 6.45) is -0.543. The highest BCUT2D eigenvalue weighted by molar-refractivity contribution is 6.00. The van der Waals surface area contributed by atoms with Crippen LogP contribution in [0.5, 0.6) is 5.75 Å². The monoisotopic (exact) mass is 592 g/mol. The number of carbonyl (C=O) groups excluding carboxylic acids is 2. The number of methoxy groups -OCH3 is 1. The molecule has 1 atom stereocenters. The van der Waals surface area contributed by atoms with E-state index in [1.54, 1.807) is 26.3 Å². The van der Waals surface area contributed by atoms with Gasteiger partial charge in [0.2, 0.25) is 5.91 Å². The lowest BCUT2D eigenvalue weighted by atomic mass is 9.92. The molecule has 3 aliphatic heterocycles. The van der Waals surface area contributed by atoms with Crippen molar-refractivity contribution in [3.8, 4) is 5.75 Å². The maximum absolute atomic E-state index is 13.7. The first-order valence-electron chi connectivity index (χ1n) is 14.4. The first-order valence-corrected chi connectivity index (χ1v) is 14.4. The van der Waals surface area contributed by atoms with Gasteiger partial charge in [-0.1, -0.05) is 18.2 Å². The number of hydrogen-bond donors (Lipinski definition) is 2. The molecule has 43 heavy (non-hydrogen) atoms. The minimum absolute atomic E-state index is 0.112. The van der Waals surface area contributed by atoms with Crippen LogP contribution in [0.3, 0.4) is 0 Å². The largest absolute Gasteiger partial charge is 0.497 e. The third-order valence-electron chi connectivity index (χ3n) is 8.85. The molecule has 0 radical (unpaired) electrons. The normalized spacial score (nSPS) is 20.9. The van der Waals surface area contributed by atoms with Gasteiger partial charge in [0, 0.05) is 59.3 Å². The average molecular weight is 593 g/mol. The van der Waals surface area contributed by atoms with Crippen LogP contribution in [0.1, 0.15) is 24.4 Å². The van der Waals surface area contributed by atoms with Crippen molar-refractivity contribution in [1.82, 2.24) is 23.8 Å². The number of carbonyl (C=O) groups is 3. The van der Waals surface area contributed by atoms with Crippen LogP contribution in [0.15, 0.2) is 47.3 Å². The Morgan fingerprint density at radius 3 is 2.37 bits per heavy atom. The summed E-state index contributed by atoms with van der Waals surface area (Å²) in [6.45, 7) is 3.21. The maximum Gasteiger partial charge on any atom is 0.407 e. The Morgan fingerprint density at radius 2 is 1.72 bits per heavy atom. The van der Waals surface area contributed by atoms with Crippen LogP contribution in [0.25, 0.3) is 11.0 Å². The summed E-state index contributed by atoms with van der Waals surface area (Å²) >= 11 is 0. The summed E-state index contributed by atoms with van der Waals surface area (Å²) in [5.41, 5.74) is 1.52. The molecule has 1 unspecified atom stereocenters. The van der Waals surface area contributed by atoms with Gasteiger partial charge in [-0.25, -0.2) is 9.59 Å². The third-order valence-corrected chi connectivity index (χ3v) is 8.85. The van der Waals surface area contributed by atoms with Crippen LogP contribution >= 0.6 is 0 Å². The summed E-state index contributed by atoms with van der Waals surface area (Å²) in [5.74, 6) is -0.000995. The van der Waals surface area contributed by atoms with Gasteiger partial charge in [0.05, 0.1) is 30.4 Å². The number of aryl methyl sites for hydroxylation is 1. The van der Waals surface area contributed by atoms with Crippen molar-refractivity contribution in [2.45, 2.75) is 31.0 Å². The molecule has 6 rings (SSSR count). The number of anilines is 1. The molecule has 0 spiro atoms. The number of β-amino-alcohol motifs (C(OH)–C–C–N with tert-alkyl or cyclic N) is 1. The summed E-state index contributed by atoms with van der Waals surface area (Å²) in [4.78, 5) is 58.1. The van der Waals surface area contributed by atoms with E-state index in [4.69, 9.17) is 4.74 Å². The second-order valence-corrected chi connectivity index (χ2v) is 11.7. The lowest BCUT2D eigenvalue weighted by Gasteiger charge is -2.50. The Hall–Kier alpha value is -4.36. The summed E-state index contributed by atoms with van der Waals surface area (Å²) < 4.78 is 8.24. The van der Waals surface area contributed by atoms with Gasteiger partial charge < -0.3 is 24.7 Å². The van der Waals surface area contributed by atoms with Crippen LogP contribution in [0, 0.1) is 0 Å². The van der Waals surface area contributed by atoms with E-state index in [1.165, 1.54) is 18.9 Å². The molecule has 3 fully saturated rings. The molecule has 2 N–H and O–H groups in total. The Kier molecular flexibility index (Phi) is 7.38. The molecule has 3 amide bonds. The lowest BCUT2D eigenvalue weighted by Crippen LogP contribution is -2.67. The fourth-order valence-electron chi connectivity index (χ4n) is 6.56. The average Bonchev–Trinajstić information content (AvgIpc) is 3.24. The van der Waals surface area contributed by atoms with Gasteiger partial charge in [0.1, 0.15) is 17.4 Å². The standard InChI is InChI=1S/C30H36N6O7/c1-31-26-22(34-18-30(42,19-34)17-32-12-14-33(15-13-32)29(40)41)4-3-5-23(26)36(28(31)39)24-10-11-25(37)35(27(24)38)16-20-6-8-21(43-2)9-7-20/h3-9,24,42H,10-19H2,1-2H3,(H,40,41). The Morgan fingerprint density at radius 1 is 1.02 bits per heavy atom. The Bertz CT molecular complexity index is 1620. The summed E-state index contributed by atoms with van der Waals surface area (Å²) in [7, 11) is 3.24. The van der Waals surface area contributed by atoms with Crippen LogP contribution in [-0.2, 0) is 23.2 Å². The van der Waals surface area contributed by atoms with Crippen molar-refractivity contribution in [2.75, 3.05) is 57.8 Å². The highest BCUT2D eigenvalue weighted by atomic mass is 16.5. The SMILES string of the molecule is COc1ccc(CN2C(=O)CCC(n3c(=O)n(C)c4c(N5CC(O)(CN6CCN(C(=O)O)CC6)C5)cccc43)C2=O)cc1. The van der Waals surface area contributed by atoms with Gasteiger partial charge in [-0.2, -0.15) is 0 Å². The van der Waals surface area contributed by atoms with Gasteiger partial charge in [-0.15, -0.1) is 0 Å². The zero-order valence-corrected chi connectivity index (χ0v) is 24.3. The number of aromatic nitrogens is 2. The number of amides is 3. The second-order valence-electron chi connectivity index (χ2n) is 11.7. The van der Waals surface area contributed by atoms with Crippen molar-refractivity contribution in [1.29, 1.82) is 0 Å². The maximum atomic E-state index is 13.7. The molecule has 4 heterocycles. The molecule has 1 aromatic heterocycles. The first kappa shape index (κ1) is 28.7. The van der Waals surface area contributed by atoms with Gasteiger partial charge in [0.25, 0.3) is 5.91 Å². The van der Waals surface area contributed by atoms with E-state index in [0.29, 0.717) is 62.6 Å². The van der Waals surface area contributed by atoms with Crippen LogP contribution in [0.2, 0.25) is 0 Å². The summed E-state index contributed by atoms with van der Waals surface area (Å²) in [6, 6.07) is 11.9. The van der Waals surface area contributed by atoms with Crippen molar-refractivity contribution < 1.29 is 29.3 Å². The molecule has 0 bridgehead atoms. The topological polar surface area (TPSA) is 141 Å². The van der Waals surface area contributed by atoms with Crippen LogP contribution in [-0.4, -0.2) is 110 Å². The van der Waals surface area contributed by atoms with Crippen molar-refractivity contribution in [3.63, 3.8) is 0 Å². The second kappa shape index (κ2) is 11.0. The molecule has 13 heteroatoms. The molecular weight excluding hydrogens is 556 g/mol. The van der Waals surface area contributed by atoms with Crippen molar-refractivity contribution >= 4 is 34.6 Å². The highest BCUT2D eigenvalue weighted by Crippen LogP contribution is 2.36. The predicted octanol–water partition coefficient (Wildman–Crippen LogP) is 1.09. The number of carboxylic acid groups (broad SMARTS) is 1. The number of piperidine rings is 1. The molecule has 0 saturated carbocycles. The number of aliphatic hydroxyl groups is 1. The number of para-hydroxylation sites is 1. The molecule has 3 aliphatic rings. The van der Waals surface area contributed by atoms with E-state index >= 15 is 0 Å². The molecule has 3 aromatic rings. The minimum Gasteiger partial charge on any atom is -0.497 e. The quantitative estimate of drug-likeness (QED) is 0.386.